The Hall–Kier alpha value is -1.71. The standard InChI is InChI=1S/C17H16F6N2O.ClH/c18-16(19,20)11-3-4-13(17(21,22)23)12(10-11)15(14-2-1-9-26-14)25-7-5-24-6-8-25;/h1-4,9-10,15,24H,5-8H2;1H/t15-;/m0./s1. The first-order valence-corrected chi connectivity index (χ1v) is 7.94. The number of hydrogen-bond donors (Lipinski definition) is 1. The van der Waals surface area contributed by atoms with Crippen molar-refractivity contribution in [2.75, 3.05) is 26.2 Å². The SMILES string of the molecule is Cl.FC(F)(F)c1ccc(C(F)(F)F)c([C@@H](c2ccco2)N2CCNCC2)c1. The van der Waals surface area contributed by atoms with E-state index in [1.807, 2.05) is 0 Å². The second-order valence-electron chi connectivity index (χ2n) is 6.00. The van der Waals surface area contributed by atoms with E-state index >= 15 is 0 Å². The summed E-state index contributed by atoms with van der Waals surface area (Å²) < 4.78 is 85.1. The molecule has 1 aromatic carbocycles. The summed E-state index contributed by atoms with van der Waals surface area (Å²) in [4.78, 5) is 1.69. The third kappa shape index (κ3) is 4.77. The Balaban J connectivity index is 0.00000261. The van der Waals surface area contributed by atoms with E-state index in [2.05, 4.69) is 5.32 Å². The molecule has 0 amide bonds. The van der Waals surface area contributed by atoms with Crippen LogP contribution in [0, 0.1) is 0 Å². The van der Waals surface area contributed by atoms with E-state index in [0.717, 1.165) is 0 Å². The summed E-state index contributed by atoms with van der Waals surface area (Å²) >= 11 is 0. The van der Waals surface area contributed by atoms with Gasteiger partial charge in [-0.15, -0.1) is 12.4 Å². The number of benzene rings is 1. The lowest BCUT2D eigenvalue weighted by atomic mass is 9.93. The van der Waals surface area contributed by atoms with E-state index in [0.29, 0.717) is 44.4 Å². The molecule has 0 spiro atoms. The molecule has 0 radical (unpaired) electrons. The highest BCUT2D eigenvalue weighted by atomic mass is 35.5. The molecule has 1 aliphatic heterocycles. The van der Waals surface area contributed by atoms with Crippen LogP contribution in [0.4, 0.5) is 26.3 Å². The molecule has 3 rings (SSSR count). The highest BCUT2D eigenvalue weighted by Crippen LogP contribution is 2.42. The number of rotatable bonds is 3. The maximum absolute atomic E-state index is 13.5. The largest absolute Gasteiger partial charge is 0.467 e. The van der Waals surface area contributed by atoms with Crippen LogP contribution in [-0.2, 0) is 12.4 Å². The molecule has 2 aromatic rings. The zero-order valence-corrected chi connectivity index (χ0v) is 14.7. The Morgan fingerprint density at radius 3 is 2.15 bits per heavy atom. The van der Waals surface area contributed by atoms with Crippen molar-refractivity contribution in [3.05, 3.63) is 59.0 Å². The van der Waals surface area contributed by atoms with Crippen LogP contribution >= 0.6 is 12.4 Å². The Morgan fingerprint density at radius 2 is 1.63 bits per heavy atom. The van der Waals surface area contributed by atoms with Gasteiger partial charge in [0, 0.05) is 26.2 Å². The number of alkyl halides is 6. The first-order chi connectivity index (χ1) is 12.2. The minimum absolute atomic E-state index is 0. The van der Waals surface area contributed by atoms with Gasteiger partial charge in [0.25, 0.3) is 0 Å². The Labute approximate surface area is 157 Å². The van der Waals surface area contributed by atoms with Crippen LogP contribution in [0.25, 0.3) is 0 Å². The first-order valence-electron chi connectivity index (χ1n) is 7.94. The monoisotopic (exact) mass is 414 g/mol. The molecule has 1 fully saturated rings. The van der Waals surface area contributed by atoms with E-state index in [1.165, 1.54) is 18.4 Å². The number of nitrogens with one attached hydrogen (secondary N) is 1. The Morgan fingerprint density at radius 1 is 0.963 bits per heavy atom. The van der Waals surface area contributed by atoms with Gasteiger partial charge in [0.05, 0.1) is 23.4 Å². The number of nitrogens with zero attached hydrogens (tertiary/aromatic N) is 1. The molecule has 27 heavy (non-hydrogen) atoms. The van der Waals surface area contributed by atoms with E-state index in [9.17, 15) is 26.3 Å². The summed E-state index contributed by atoms with van der Waals surface area (Å²) in [7, 11) is 0. The predicted octanol–water partition coefficient (Wildman–Crippen LogP) is 4.73. The van der Waals surface area contributed by atoms with E-state index in [-0.39, 0.29) is 18.2 Å². The van der Waals surface area contributed by atoms with Gasteiger partial charge in [-0.25, -0.2) is 0 Å². The summed E-state index contributed by atoms with van der Waals surface area (Å²) in [5.41, 5.74) is -2.67. The topological polar surface area (TPSA) is 28.4 Å². The summed E-state index contributed by atoms with van der Waals surface area (Å²) in [6.45, 7) is 1.83. The molecule has 1 N–H and O–H groups in total. The van der Waals surface area contributed by atoms with Gasteiger partial charge >= 0.3 is 12.4 Å². The molecule has 1 saturated heterocycles. The van der Waals surface area contributed by atoms with Gasteiger partial charge in [-0.1, -0.05) is 0 Å². The van der Waals surface area contributed by atoms with Crippen LogP contribution < -0.4 is 5.32 Å². The lowest BCUT2D eigenvalue weighted by molar-refractivity contribution is -0.142. The average Bonchev–Trinajstić information content (AvgIpc) is 3.08. The van der Waals surface area contributed by atoms with Crippen LogP contribution in [-0.4, -0.2) is 31.1 Å². The molecular weight excluding hydrogens is 398 g/mol. The van der Waals surface area contributed by atoms with Gasteiger partial charge in [0.1, 0.15) is 5.76 Å². The zero-order chi connectivity index (χ0) is 18.9. The van der Waals surface area contributed by atoms with Crippen molar-refractivity contribution in [1.82, 2.24) is 10.2 Å². The third-order valence-corrected chi connectivity index (χ3v) is 4.31. The molecule has 0 bridgehead atoms. The van der Waals surface area contributed by atoms with Crippen LogP contribution in [0.1, 0.15) is 28.5 Å². The minimum atomic E-state index is -4.78. The Kier molecular flexibility index (Phi) is 6.49. The van der Waals surface area contributed by atoms with Crippen molar-refractivity contribution in [2.24, 2.45) is 0 Å². The second-order valence-corrected chi connectivity index (χ2v) is 6.00. The zero-order valence-electron chi connectivity index (χ0n) is 13.9. The Bertz CT molecular complexity index is 739. The molecule has 10 heteroatoms. The molecular formula is C17H17ClF6N2O. The molecule has 2 heterocycles. The first kappa shape index (κ1) is 21.6. The maximum atomic E-state index is 13.5. The van der Waals surface area contributed by atoms with Crippen LogP contribution in [0.5, 0.6) is 0 Å². The number of furan rings is 1. The maximum Gasteiger partial charge on any atom is 0.416 e. The van der Waals surface area contributed by atoms with Crippen molar-refractivity contribution in [3.8, 4) is 0 Å². The van der Waals surface area contributed by atoms with Gasteiger partial charge in [-0.3, -0.25) is 4.90 Å². The van der Waals surface area contributed by atoms with Crippen LogP contribution in [0.2, 0.25) is 0 Å². The molecule has 0 aliphatic carbocycles. The predicted molar refractivity (Wildman–Crippen MR) is 88.7 cm³/mol. The van der Waals surface area contributed by atoms with Crippen molar-refractivity contribution in [3.63, 3.8) is 0 Å². The van der Waals surface area contributed by atoms with Gasteiger partial charge in [-0.2, -0.15) is 26.3 Å². The summed E-state index contributed by atoms with van der Waals surface area (Å²) in [6.07, 6.45) is -8.22. The average molecular weight is 415 g/mol. The van der Waals surface area contributed by atoms with Gasteiger partial charge in [-0.05, 0) is 35.9 Å². The van der Waals surface area contributed by atoms with E-state index in [4.69, 9.17) is 4.42 Å². The van der Waals surface area contributed by atoms with E-state index in [1.54, 1.807) is 4.90 Å². The van der Waals surface area contributed by atoms with Crippen molar-refractivity contribution < 1.29 is 30.8 Å². The van der Waals surface area contributed by atoms with E-state index < -0.39 is 35.1 Å². The third-order valence-electron chi connectivity index (χ3n) is 4.31. The number of piperazine rings is 1. The second kappa shape index (κ2) is 8.12. The van der Waals surface area contributed by atoms with Gasteiger partial charge in [0.2, 0.25) is 0 Å². The fraction of sp³-hybridized carbons (Fsp3) is 0.412. The van der Waals surface area contributed by atoms with Gasteiger partial charge in [0.15, 0.2) is 0 Å². The lowest BCUT2D eigenvalue weighted by Gasteiger charge is -2.35. The fourth-order valence-corrected chi connectivity index (χ4v) is 3.14. The van der Waals surface area contributed by atoms with Crippen molar-refractivity contribution in [1.29, 1.82) is 0 Å². The summed E-state index contributed by atoms with van der Waals surface area (Å²) in [6, 6.07) is 3.47. The van der Waals surface area contributed by atoms with Crippen molar-refractivity contribution >= 4 is 12.4 Å². The molecule has 150 valence electrons. The molecule has 1 atom stereocenters. The number of halogens is 7. The fourth-order valence-electron chi connectivity index (χ4n) is 3.14. The van der Waals surface area contributed by atoms with Crippen molar-refractivity contribution in [2.45, 2.75) is 18.4 Å². The highest BCUT2D eigenvalue weighted by molar-refractivity contribution is 5.85. The molecule has 3 nitrogen and oxygen atoms in total. The minimum Gasteiger partial charge on any atom is -0.467 e. The highest BCUT2D eigenvalue weighted by Gasteiger charge is 2.40. The van der Waals surface area contributed by atoms with Crippen LogP contribution in [0.15, 0.2) is 41.0 Å². The normalized spacial score (nSPS) is 17.4. The lowest BCUT2D eigenvalue weighted by Crippen LogP contribution is -2.45. The molecule has 0 unspecified atom stereocenters. The molecule has 0 saturated carbocycles. The van der Waals surface area contributed by atoms with Gasteiger partial charge < -0.3 is 9.73 Å². The molecule has 1 aliphatic rings. The summed E-state index contributed by atoms with van der Waals surface area (Å²) in [5.74, 6) is 0.178. The van der Waals surface area contributed by atoms with Crippen LogP contribution in [0.3, 0.4) is 0 Å². The quantitative estimate of drug-likeness (QED) is 0.736. The smallest absolute Gasteiger partial charge is 0.416 e. The number of hydrogen-bond acceptors (Lipinski definition) is 3. The summed E-state index contributed by atoms with van der Waals surface area (Å²) in [5, 5.41) is 3.07. The molecule has 1 aromatic heterocycles.